The summed E-state index contributed by atoms with van der Waals surface area (Å²) in [6, 6.07) is 10.6. The van der Waals surface area contributed by atoms with Gasteiger partial charge in [-0.05, 0) is 55.4 Å². The maximum atomic E-state index is 11.1. The molecule has 1 aliphatic rings. The highest BCUT2D eigenvalue weighted by Gasteiger charge is 2.41. The van der Waals surface area contributed by atoms with Gasteiger partial charge >= 0.3 is 0 Å². The van der Waals surface area contributed by atoms with Gasteiger partial charge in [-0.2, -0.15) is 0 Å². The second kappa shape index (κ2) is 6.76. The summed E-state index contributed by atoms with van der Waals surface area (Å²) < 4.78 is 0. The van der Waals surface area contributed by atoms with E-state index >= 15 is 0 Å². The summed E-state index contributed by atoms with van der Waals surface area (Å²) in [5.74, 6) is 1.74. The highest BCUT2D eigenvalue weighted by molar-refractivity contribution is 5.14. The fraction of sp³-hybridized carbons (Fsp3) is 0.684. The van der Waals surface area contributed by atoms with Gasteiger partial charge in [0.2, 0.25) is 0 Å². The van der Waals surface area contributed by atoms with E-state index in [4.69, 9.17) is 0 Å². The Morgan fingerprint density at radius 2 is 1.90 bits per heavy atom. The molecule has 1 saturated carbocycles. The minimum atomic E-state index is -0.430. The van der Waals surface area contributed by atoms with Crippen LogP contribution >= 0.6 is 0 Å². The molecule has 0 saturated heterocycles. The van der Waals surface area contributed by atoms with Crippen LogP contribution < -0.4 is 0 Å². The summed E-state index contributed by atoms with van der Waals surface area (Å²) in [5, 5.41) is 11.1. The van der Waals surface area contributed by atoms with Gasteiger partial charge in [0.25, 0.3) is 0 Å². The Bertz CT molecular complexity index is 397. The number of rotatable bonds is 5. The number of hydrogen-bond acceptors (Lipinski definition) is 1. The first-order chi connectivity index (χ1) is 9.51. The molecule has 0 amide bonds. The van der Waals surface area contributed by atoms with Crippen molar-refractivity contribution in [2.45, 2.75) is 64.9 Å². The van der Waals surface area contributed by atoms with E-state index in [0.29, 0.717) is 17.8 Å². The van der Waals surface area contributed by atoms with Gasteiger partial charge in [0.05, 0.1) is 5.60 Å². The van der Waals surface area contributed by atoms with E-state index in [9.17, 15) is 5.11 Å². The molecule has 0 aromatic heterocycles. The predicted molar refractivity (Wildman–Crippen MR) is 85.7 cm³/mol. The van der Waals surface area contributed by atoms with Gasteiger partial charge in [0.1, 0.15) is 0 Å². The first kappa shape index (κ1) is 15.6. The normalized spacial score (nSPS) is 30.6. The van der Waals surface area contributed by atoms with Crippen molar-refractivity contribution in [1.82, 2.24) is 0 Å². The standard InChI is InChI=1S/C19H30O/c1-15(2)18-12-11-16(3)14-19(18,20)13-7-10-17-8-5-4-6-9-17/h4-6,8-9,15-16,18,20H,7,10-14H2,1-3H3. The van der Waals surface area contributed by atoms with E-state index in [1.54, 1.807) is 0 Å². The largest absolute Gasteiger partial charge is 0.390 e. The smallest absolute Gasteiger partial charge is 0.0680 e. The third-order valence-electron chi connectivity index (χ3n) is 5.09. The molecule has 0 radical (unpaired) electrons. The van der Waals surface area contributed by atoms with Crippen LogP contribution in [0.25, 0.3) is 0 Å². The Morgan fingerprint density at radius 3 is 2.55 bits per heavy atom. The van der Waals surface area contributed by atoms with Crippen molar-refractivity contribution in [2.75, 3.05) is 0 Å². The zero-order valence-electron chi connectivity index (χ0n) is 13.3. The van der Waals surface area contributed by atoms with Crippen molar-refractivity contribution < 1.29 is 5.11 Å². The zero-order valence-corrected chi connectivity index (χ0v) is 13.3. The van der Waals surface area contributed by atoms with Gasteiger partial charge in [-0.25, -0.2) is 0 Å². The molecule has 1 aromatic rings. The molecule has 0 aliphatic heterocycles. The van der Waals surface area contributed by atoms with E-state index < -0.39 is 5.60 Å². The minimum Gasteiger partial charge on any atom is -0.390 e. The van der Waals surface area contributed by atoms with Gasteiger partial charge in [-0.3, -0.25) is 0 Å². The highest BCUT2D eigenvalue weighted by atomic mass is 16.3. The van der Waals surface area contributed by atoms with Gasteiger partial charge in [0.15, 0.2) is 0 Å². The number of aryl methyl sites for hydroxylation is 1. The maximum Gasteiger partial charge on any atom is 0.0680 e. The molecule has 0 spiro atoms. The number of benzene rings is 1. The van der Waals surface area contributed by atoms with Crippen LogP contribution in [0.1, 0.15) is 58.4 Å². The first-order valence-corrected chi connectivity index (χ1v) is 8.27. The van der Waals surface area contributed by atoms with Crippen LogP contribution in [-0.2, 0) is 6.42 Å². The molecule has 20 heavy (non-hydrogen) atoms. The summed E-state index contributed by atoms with van der Waals surface area (Å²) in [6.45, 7) is 6.82. The van der Waals surface area contributed by atoms with Gasteiger partial charge in [-0.1, -0.05) is 57.5 Å². The Morgan fingerprint density at radius 1 is 1.20 bits per heavy atom. The van der Waals surface area contributed by atoms with Crippen LogP contribution in [0.15, 0.2) is 30.3 Å². The van der Waals surface area contributed by atoms with Crippen molar-refractivity contribution in [3.05, 3.63) is 35.9 Å². The highest BCUT2D eigenvalue weighted by Crippen LogP contribution is 2.43. The van der Waals surface area contributed by atoms with Gasteiger partial charge in [0, 0.05) is 0 Å². The minimum absolute atomic E-state index is 0.430. The van der Waals surface area contributed by atoms with Crippen LogP contribution in [0.2, 0.25) is 0 Å². The molecule has 1 heteroatoms. The Balaban J connectivity index is 1.93. The summed E-state index contributed by atoms with van der Waals surface area (Å²) in [5.41, 5.74) is 0.960. The molecule has 2 rings (SSSR count). The van der Waals surface area contributed by atoms with Crippen LogP contribution in [0.3, 0.4) is 0 Å². The van der Waals surface area contributed by atoms with E-state index in [0.717, 1.165) is 25.7 Å². The maximum absolute atomic E-state index is 11.1. The molecule has 1 aliphatic carbocycles. The molecule has 112 valence electrons. The third kappa shape index (κ3) is 3.85. The summed E-state index contributed by atoms with van der Waals surface area (Å²) in [7, 11) is 0. The molecule has 1 fully saturated rings. The van der Waals surface area contributed by atoms with E-state index in [-0.39, 0.29) is 0 Å². The Labute approximate surface area is 124 Å². The molecular weight excluding hydrogens is 244 g/mol. The molecule has 3 unspecified atom stereocenters. The number of aliphatic hydroxyl groups is 1. The molecule has 0 heterocycles. The SMILES string of the molecule is CC1CCC(C(C)C)C(O)(CCCc2ccccc2)C1. The molecule has 1 N–H and O–H groups in total. The van der Waals surface area contributed by atoms with Crippen molar-refractivity contribution in [3.63, 3.8) is 0 Å². The lowest BCUT2D eigenvalue weighted by molar-refractivity contribution is -0.0868. The summed E-state index contributed by atoms with van der Waals surface area (Å²) in [6.07, 6.45) is 6.60. The van der Waals surface area contributed by atoms with E-state index in [2.05, 4.69) is 51.1 Å². The van der Waals surface area contributed by atoms with Crippen molar-refractivity contribution >= 4 is 0 Å². The molecular formula is C19H30O. The average Bonchev–Trinajstić information content (AvgIpc) is 2.39. The predicted octanol–water partition coefficient (Wildman–Crippen LogP) is 4.83. The molecule has 1 nitrogen and oxygen atoms in total. The average molecular weight is 274 g/mol. The lowest BCUT2D eigenvalue weighted by Crippen LogP contribution is -2.45. The van der Waals surface area contributed by atoms with E-state index in [1.165, 1.54) is 18.4 Å². The Hall–Kier alpha value is -0.820. The van der Waals surface area contributed by atoms with Crippen molar-refractivity contribution in [2.24, 2.45) is 17.8 Å². The van der Waals surface area contributed by atoms with E-state index in [1.807, 2.05) is 0 Å². The lowest BCUT2D eigenvalue weighted by atomic mass is 9.65. The second-order valence-electron chi connectivity index (χ2n) is 7.18. The third-order valence-corrected chi connectivity index (χ3v) is 5.09. The van der Waals surface area contributed by atoms with Gasteiger partial charge < -0.3 is 5.11 Å². The van der Waals surface area contributed by atoms with Crippen LogP contribution in [0, 0.1) is 17.8 Å². The number of hydrogen-bond donors (Lipinski definition) is 1. The fourth-order valence-corrected chi connectivity index (χ4v) is 4.07. The Kier molecular flexibility index (Phi) is 5.26. The fourth-order valence-electron chi connectivity index (χ4n) is 4.07. The quantitative estimate of drug-likeness (QED) is 0.815. The summed E-state index contributed by atoms with van der Waals surface area (Å²) >= 11 is 0. The van der Waals surface area contributed by atoms with Gasteiger partial charge in [-0.15, -0.1) is 0 Å². The second-order valence-corrected chi connectivity index (χ2v) is 7.18. The monoisotopic (exact) mass is 274 g/mol. The van der Waals surface area contributed by atoms with Crippen LogP contribution in [-0.4, -0.2) is 10.7 Å². The topological polar surface area (TPSA) is 20.2 Å². The van der Waals surface area contributed by atoms with Crippen LogP contribution in [0.4, 0.5) is 0 Å². The van der Waals surface area contributed by atoms with Crippen molar-refractivity contribution in [1.29, 1.82) is 0 Å². The molecule has 0 bridgehead atoms. The lowest BCUT2D eigenvalue weighted by Gasteiger charge is -2.45. The zero-order chi connectivity index (χ0) is 14.6. The first-order valence-electron chi connectivity index (χ1n) is 8.27. The van der Waals surface area contributed by atoms with Crippen LogP contribution in [0.5, 0.6) is 0 Å². The molecule has 3 atom stereocenters. The molecule has 1 aromatic carbocycles. The summed E-state index contributed by atoms with van der Waals surface area (Å²) in [4.78, 5) is 0. The van der Waals surface area contributed by atoms with Crippen molar-refractivity contribution in [3.8, 4) is 0 Å².